The van der Waals surface area contributed by atoms with Gasteiger partial charge in [0.15, 0.2) is 0 Å². The van der Waals surface area contributed by atoms with E-state index < -0.39 is 0 Å². The lowest BCUT2D eigenvalue weighted by Gasteiger charge is -2.34. The number of benzene rings is 1. The van der Waals surface area contributed by atoms with Gasteiger partial charge in [0.25, 0.3) is 0 Å². The van der Waals surface area contributed by atoms with E-state index in [4.69, 9.17) is 23.2 Å². The first-order chi connectivity index (χ1) is 11.5. The standard InChI is InChI=1S/C16H18Cl2N4OS/c1-11-19-13(10-24-11)9-21-4-6-22(7-5-21)16(23)20-12-2-3-14(17)15(18)8-12/h2-3,8,10H,4-7,9H2,1H3,(H,20,23). The van der Waals surface area contributed by atoms with Crippen LogP contribution in [0.5, 0.6) is 0 Å². The Hall–Kier alpha value is -1.34. The highest BCUT2D eigenvalue weighted by Crippen LogP contribution is 2.25. The molecule has 2 aromatic rings. The summed E-state index contributed by atoms with van der Waals surface area (Å²) >= 11 is 13.5. The molecule has 5 nitrogen and oxygen atoms in total. The quantitative estimate of drug-likeness (QED) is 0.865. The fourth-order valence-corrected chi connectivity index (χ4v) is 3.50. The van der Waals surface area contributed by atoms with Crippen molar-refractivity contribution in [3.63, 3.8) is 0 Å². The number of anilines is 1. The number of nitrogens with zero attached hydrogens (tertiary/aromatic N) is 3. The van der Waals surface area contributed by atoms with Gasteiger partial charge in [-0.1, -0.05) is 23.2 Å². The molecule has 0 unspecified atom stereocenters. The van der Waals surface area contributed by atoms with Gasteiger partial charge in [0, 0.05) is 43.8 Å². The van der Waals surface area contributed by atoms with Crippen molar-refractivity contribution in [2.75, 3.05) is 31.5 Å². The fourth-order valence-electron chi connectivity index (χ4n) is 2.60. The van der Waals surface area contributed by atoms with Gasteiger partial charge in [-0.15, -0.1) is 11.3 Å². The molecule has 0 radical (unpaired) electrons. The number of urea groups is 1. The van der Waals surface area contributed by atoms with Gasteiger partial charge in [-0.2, -0.15) is 0 Å². The van der Waals surface area contributed by atoms with E-state index in [-0.39, 0.29) is 6.03 Å². The topological polar surface area (TPSA) is 48.5 Å². The van der Waals surface area contributed by atoms with E-state index in [0.29, 0.717) is 28.8 Å². The summed E-state index contributed by atoms with van der Waals surface area (Å²) in [5.74, 6) is 0. The van der Waals surface area contributed by atoms with Crippen molar-refractivity contribution >= 4 is 46.3 Å². The number of carbonyl (C=O) groups is 1. The smallest absolute Gasteiger partial charge is 0.321 e. The number of halogens is 2. The van der Waals surface area contributed by atoms with Gasteiger partial charge in [0.05, 0.1) is 20.7 Å². The van der Waals surface area contributed by atoms with Crippen LogP contribution in [0.1, 0.15) is 10.7 Å². The zero-order valence-electron chi connectivity index (χ0n) is 13.3. The molecule has 2 amide bonds. The summed E-state index contributed by atoms with van der Waals surface area (Å²) in [4.78, 5) is 21.0. The minimum atomic E-state index is -0.113. The molecule has 1 aliphatic rings. The van der Waals surface area contributed by atoms with Gasteiger partial charge in [-0.05, 0) is 25.1 Å². The van der Waals surface area contributed by atoms with Crippen molar-refractivity contribution in [2.24, 2.45) is 0 Å². The summed E-state index contributed by atoms with van der Waals surface area (Å²) < 4.78 is 0. The van der Waals surface area contributed by atoms with Crippen LogP contribution in [0.3, 0.4) is 0 Å². The second-order valence-corrected chi connectivity index (χ2v) is 7.56. The van der Waals surface area contributed by atoms with Gasteiger partial charge >= 0.3 is 6.03 Å². The second kappa shape index (κ2) is 7.70. The highest BCUT2D eigenvalue weighted by atomic mass is 35.5. The summed E-state index contributed by atoms with van der Waals surface area (Å²) in [6.07, 6.45) is 0. The summed E-state index contributed by atoms with van der Waals surface area (Å²) in [5, 5.41) is 6.95. The number of rotatable bonds is 3. The van der Waals surface area contributed by atoms with Crippen LogP contribution < -0.4 is 5.32 Å². The molecule has 1 aromatic heterocycles. The van der Waals surface area contributed by atoms with E-state index in [9.17, 15) is 4.79 Å². The third-order valence-electron chi connectivity index (χ3n) is 3.88. The number of hydrogen-bond donors (Lipinski definition) is 1. The van der Waals surface area contributed by atoms with Crippen LogP contribution >= 0.6 is 34.5 Å². The third-order valence-corrected chi connectivity index (χ3v) is 5.44. The molecule has 2 heterocycles. The van der Waals surface area contributed by atoms with E-state index >= 15 is 0 Å². The monoisotopic (exact) mass is 384 g/mol. The Balaban J connectivity index is 1.50. The normalized spacial score (nSPS) is 15.5. The molecular weight excluding hydrogens is 367 g/mol. The SMILES string of the molecule is Cc1nc(CN2CCN(C(=O)Nc3ccc(Cl)c(Cl)c3)CC2)cs1. The Kier molecular flexibility index (Phi) is 5.61. The van der Waals surface area contributed by atoms with Crippen molar-refractivity contribution in [1.29, 1.82) is 0 Å². The molecule has 1 N–H and O–H groups in total. The molecule has 0 bridgehead atoms. The van der Waals surface area contributed by atoms with Gasteiger partial charge in [0.2, 0.25) is 0 Å². The third kappa shape index (κ3) is 4.39. The van der Waals surface area contributed by atoms with E-state index in [1.165, 1.54) is 0 Å². The Morgan fingerprint density at radius 2 is 2.00 bits per heavy atom. The van der Waals surface area contributed by atoms with Crippen LogP contribution in [0.4, 0.5) is 10.5 Å². The van der Waals surface area contributed by atoms with Crippen LogP contribution in [-0.2, 0) is 6.54 Å². The van der Waals surface area contributed by atoms with E-state index in [0.717, 1.165) is 30.3 Å². The summed E-state index contributed by atoms with van der Waals surface area (Å²) in [6, 6.07) is 4.96. The number of carbonyl (C=O) groups excluding carboxylic acids is 1. The van der Waals surface area contributed by atoms with Gasteiger partial charge in [-0.25, -0.2) is 9.78 Å². The molecule has 1 fully saturated rings. The molecule has 3 rings (SSSR count). The molecule has 8 heteroatoms. The molecular formula is C16H18Cl2N4OS. The lowest BCUT2D eigenvalue weighted by Crippen LogP contribution is -2.49. The van der Waals surface area contributed by atoms with Gasteiger partial charge < -0.3 is 10.2 Å². The van der Waals surface area contributed by atoms with E-state index in [1.807, 2.05) is 11.8 Å². The molecule has 1 saturated heterocycles. The van der Waals surface area contributed by atoms with E-state index in [1.54, 1.807) is 29.5 Å². The number of hydrogen-bond acceptors (Lipinski definition) is 4. The lowest BCUT2D eigenvalue weighted by atomic mass is 10.3. The largest absolute Gasteiger partial charge is 0.322 e. The summed E-state index contributed by atoms with van der Waals surface area (Å²) in [5.41, 5.74) is 1.75. The average Bonchev–Trinajstić information content (AvgIpc) is 2.96. The Bertz CT molecular complexity index is 729. The number of aromatic nitrogens is 1. The van der Waals surface area contributed by atoms with Crippen LogP contribution in [0.25, 0.3) is 0 Å². The molecule has 0 aliphatic carbocycles. The lowest BCUT2D eigenvalue weighted by molar-refractivity contribution is 0.142. The highest BCUT2D eigenvalue weighted by molar-refractivity contribution is 7.09. The maximum absolute atomic E-state index is 12.3. The first kappa shape index (κ1) is 17.5. The summed E-state index contributed by atoms with van der Waals surface area (Å²) in [6.45, 7) is 5.91. The maximum Gasteiger partial charge on any atom is 0.321 e. The summed E-state index contributed by atoms with van der Waals surface area (Å²) in [7, 11) is 0. The number of thiazole rings is 1. The zero-order chi connectivity index (χ0) is 17.1. The number of nitrogens with one attached hydrogen (secondary N) is 1. The second-order valence-electron chi connectivity index (χ2n) is 5.68. The predicted molar refractivity (Wildman–Crippen MR) is 99.2 cm³/mol. The average molecular weight is 385 g/mol. The first-order valence-electron chi connectivity index (χ1n) is 7.65. The van der Waals surface area contributed by atoms with E-state index in [2.05, 4.69) is 20.6 Å². The van der Waals surface area contributed by atoms with Crippen molar-refractivity contribution in [3.8, 4) is 0 Å². The first-order valence-corrected chi connectivity index (χ1v) is 9.29. The van der Waals surface area contributed by atoms with Crippen LogP contribution in [0, 0.1) is 6.92 Å². The van der Waals surface area contributed by atoms with Crippen LogP contribution in [-0.4, -0.2) is 47.0 Å². The number of amides is 2. The van der Waals surface area contributed by atoms with Gasteiger partial charge in [-0.3, -0.25) is 4.90 Å². The minimum absolute atomic E-state index is 0.113. The zero-order valence-corrected chi connectivity index (χ0v) is 15.6. The van der Waals surface area contributed by atoms with Gasteiger partial charge in [0.1, 0.15) is 0 Å². The molecule has 1 aliphatic heterocycles. The minimum Gasteiger partial charge on any atom is -0.322 e. The molecule has 24 heavy (non-hydrogen) atoms. The number of aryl methyl sites for hydroxylation is 1. The molecule has 0 atom stereocenters. The Labute approximate surface area is 155 Å². The Morgan fingerprint density at radius 3 is 2.62 bits per heavy atom. The van der Waals surface area contributed by atoms with Crippen molar-refractivity contribution < 1.29 is 4.79 Å². The van der Waals surface area contributed by atoms with Crippen molar-refractivity contribution in [3.05, 3.63) is 44.3 Å². The van der Waals surface area contributed by atoms with Crippen molar-refractivity contribution in [1.82, 2.24) is 14.8 Å². The molecule has 0 spiro atoms. The highest BCUT2D eigenvalue weighted by Gasteiger charge is 2.21. The Morgan fingerprint density at radius 1 is 1.25 bits per heavy atom. The molecule has 1 aromatic carbocycles. The predicted octanol–water partition coefficient (Wildman–Crippen LogP) is 4.11. The maximum atomic E-state index is 12.3. The molecule has 128 valence electrons. The molecule has 0 saturated carbocycles. The number of piperazine rings is 1. The van der Waals surface area contributed by atoms with Crippen LogP contribution in [0.2, 0.25) is 10.0 Å². The fraction of sp³-hybridized carbons (Fsp3) is 0.375. The van der Waals surface area contributed by atoms with Crippen LogP contribution in [0.15, 0.2) is 23.6 Å². The van der Waals surface area contributed by atoms with Crippen molar-refractivity contribution in [2.45, 2.75) is 13.5 Å².